The predicted octanol–water partition coefficient (Wildman–Crippen LogP) is 2.92. The fraction of sp³-hybridized carbons (Fsp3) is 0.562. The van der Waals surface area contributed by atoms with Gasteiger partial charge in [-0.2, -0.15) is 0 Å². The number of benzene rings is 1. The van der Waals surface area contributed by atoms with Crippen LogP contribution < -0.4 is 0 Å². The Labute approximate surface area is 119 Å². The van der Waals surface area contributed by atoms with Gasteiger partial charge in [0.1, 0.15) is 17.3 Å². The summed E-state index contributed by atoms with van der Waals surface area (Å²) in [6, 6.07) is 10.3. The Morgan fingerprint density at radius 1 is 1.35 bits per heavy atom. The highest BCUT2D eigenvalue weighted by Crippen LogP contribution is 2.51. The lowest BCUT2D eigenvalue weighted by Gasteiger charge is -2.31. The third-order valence-corrected chi connectivity index (χ3v) is 3.87. The van der Waals surface area contributed by atoms with Crippen LogP contribution in [0.2, 0.25) is 0 Å². The molecule has 4 heteroatoms. The van der Waals surface area contributed by atoms with E-state index in [1.165, 1.54) is 5.56 Å². The molecule has 20 heavy (non-hydrogen) atoms. The van der Waals surface area contributed by atoms with E-state index in [0.717, 1.165) is 6.42 Å². The Morgan fingerprint density at radius 3 is 2.65 bits per heavy atom. The number of piperidine rings is 1. The fourth-order valence-electron chi connectivity index (χ4n) is 2.83. The SMILES string of the molecule is CC(C)(C)OC(=O)N1CCC2(c3ccccc3)OC2C1. The van der Waals surface area contributed by atoms with Crippen molar-refractivity contribution in [2.75, 3.05) is 13.1 Å². The summed E-state index contributed by atoms with van der Waals surface area (Å²) in [5, 5.41) is 0. The average molecular weight is 275 g/mol. The molecule has 2 fully saturated rings. The van der Waals surface area contributed by atoms with Crippen molar-refractivity contribution in [1.82, 2.24) is 4.90 Å². The number of carbonyl (C=O) groups excluding carboxylic acids is 1. The molecule has 2 aliphatic rings. The number of hydrogen-bond acceptors (Lipinski definition) is 3. The quantitative estimate of drug-likeness (QED) is 0.740. The fourth-order valence-corrected chi connectivity index (χ4v) is 2.83. The van der Waals surface area contributed by atoms with Gasteiger partial charge < -0.3 is 14.4 Å². The predicted molar refractivity (Wildman–Crippen MR) is 75.4 cm³/mol. The van der Waals surface area contributed by atoms with Gasteiger partial charge in [0, 0.05) is 13.0 Å². The highest BCUT2D eigenvalue weighted by atomic mass is 16.6. The van der Waals surface area contributed by atoms with E-state index < -0.39 is 5.60 Å². The van der Waals surface area contributed by atoms with Crippen molar-refractivity contribution in [1.29, 1.82) is 0 Å². The van der Waals surface area contributed by atoms with E-state index >= 15 is 0 Å². The summed E-state index contributed by atoms with van der Waals surface area (Å²) in [5.74, 6) is 0. The normalized spacial score (nSPS) is 28.8. The Balaban J connectivity index is 1.65. The molecule has 0 spiro atoms. The zero-order chi connectivity index (χ0) is 14.4. The lowest BCUT2D eigenvalue weighted by Crippen LogP contribution is -2.44. The van der Waals surface area contributed by atoms with Gasteiger partial charge in [-0.25, -0.2) is 4.79 Å². The van der Waals surface area contributed by atoms with E-state index in [0.29, 0.717) is 13.1 Å². The third kappa shape index (κ3) is 2.40. The van der Waals surface area contributed by atoms with Crippen LogP contribution in [0.3, 0.4) is 0 Å². The van der Waals surface area contributed by atoms with Crippen molar-refractivity contribution in [3.63, 3.8) is 0 Å². The molecule has 0 bridgehead atoms. The smallest absolute Gasteiger partial charge is 0.410 e. The van der Waals surface area contributed by atoms with Gasteiger partial charge in [0.2, 0.25) is 0 Å². The van der Waals surface area contributed by atoms with Crippen molar-refractivity contribution in [2.45, 2.75) is 44.5 Å². The average Bonchev–Trinajstić information content (AvgIpc) is 3.12. The molecule has 4 nitrogen and oxygen atoms in total. The first-order valence-electron chi connectivity index (χ1n) is 7.12. The number of hydrogen-bond donors (Lipinski definition) is 0. The van der Waals surface area contributed by atoms with E-state index in [-0.39, 0.29) is 17.8 Å². The minimum atomic E-state index is -0.449. The molecule has 2 aliphatic heterocycles. The minimum Gasteiger partial charge on any atom is -0.444 e. The maximum absolute atomic E-state index is 12.1. The molecule has 1 amide bonds. The second-order valence-electron chi connectivity index (χ2n) is 6.54. The van der Waals surface area contributed by atoms with Crippen LogP contribution in [0.15, 0.2) is 30.3 Å². The molecule has 0 radical (unpaired) electrons. The maximum atomic E-state index is 12.1. The molecule has 108 valence electrons. The Morgan fingerprint density at radius 2 is 2.05 bits per heavy atom. The summed E-state index contributed by atoms with van der Waals surface area (Å²) in [7, 11) is 0. The second kappa shape index (κ2) is 4.48. The first-order chi connectivity index (χ1) is 9.41. The molecule has 2 heterocycles. The molecule has 3 rings (SSSR count). The number of rotatable bonds is 1. The molecule has 1 aromatic rings. The lowest BCUT2D eigenvalue weighted by molar-refractivity contribution is 0.0217. The van der Waals surface area contributed by atoms with Crippen LogP contribution in [-0.2, 0) is 15.1 Å². The van der Waals surface area contributed by atoms with Crippen LogP contribution >= 0.6 is 0 Å². The van der Waals surface area contributed by atoms with E-state index in [9.17, 15) is 4.79 Å². The molecule has 2 atom stereocenters. The molecule has 0 N–H and O–H groups in total. The molecular formula is C16H21NO3. The van der Waals surface area contributed by atoms with Crippen molar-refractivity contribution in [3.8, 4) is 0 Å². The van der Waals surface area contributed by atoms with Crippen LogP contribution in [-0.4, -0.2) is 35.8 Å². The minimum absolute atomic E-state index is 0.103. The topological polar surface area (TPSA) is 42.1 Å². The Kier molecular flexibility index (Phi) is 3.01. The Hall–Kier alpha value is -1.55. The van der Waals surface area contributed by atoms with Crippen molar-refractivity contribution in [3.05, 3.63) is 35.9 Å². The van der Waals surface area contributed by atoms with Gasteiger partial charge >= 0.3 is 6.09 Å². The standard InChI is InChI=1S/C16H21NO3/c1-15(2,3)20-14(18)17-10-9-16(13(11-17)19-16)12-7-5-4-6-8-12/h4-8,13H,9-11H2,1-3H3. The zero-order valence-corrected chi connectivity index (χ0v) is 12.3. The molecule has 0 aromatic heterocycles. The van der Waals surface area contributed by atoms with Crippen molar-refractivity contribution in [2.24, 2.45) is 0 Å². The van der Waals surface area contributed by atoms with Gasteiger partial charge in [-0.05, 0) is 26.3 Å². The van der Waals surface area contributed by atoms with Gasteiger partial charge in [0.05, 0.1) is 6.54 Å². The summed E-state index contributed by atoms with van der Waals surface area (Å²) in [6.45, 7) is 6.95. The van der Waals surface area contributed by atoms with E-state index in [1.807, 2.05) is 39.0 Å². The zero-order valence-electron chi connectivity index (χ0n) is 12.3. The monoisotopic (exact) mass is 275 g/mol. The van der Waals surface area contributed by atoms with E-state index in [4.69, 9.17) is 9.47 Å². The summed E-state index contributed by atoms with van der Waals surface area (Å²) in [5.41, 5.74) is 0.601. The summed E-state index contributed by atoms with van der Waals surface area (Å²) in [4.78, 5) is 13.8. The highest BCUT2D eigenvalue weighted by Gasteiger charge is 2.60. The maximum Gasteiger partial charge on any atom is 0.410 e. The van der Waals surface area contributed by atoms with Gasteiger partial charge in [-0.1, -0.05) is 30.3 Å². The van der Waals surface area contributed by atoms with Gasteiger partial charge in [-0.3, -0.25) is 0 Å². The van der Waals surface area contributed by atoms with Gasteiger partial charge in [0.25, 0.3) is 0 Å². The molecule has 0 aliphatic carbocycles. The highest BCUT2D eigenvalue weighted by molar-refractivity contribution is 5.68. The number of nitrogens with zero attached hydrogens (tertiary/aromatic N) is 1. The summed E-state index contributed by atoms with van der Waals surface area (Å²) in [6.07, 6.45) is 0.696. The molecular weight excluding hydrogens is 254 g/mol. The van der Waals surface area contributed by atoms with Gasteiger partial charge in [-0.15, -0.1) is 0 Å². The van der Waals surface area contributed by atoms with Crippen molar-refractivity contribution < 1.29 is 14.3 Å². The van der Waals surface area contributed by atoms with E-state index in [1.54, 1.807) is 4.90 Å². The lowest BCUT2D eigenvalue weighted by atomic mass is 9.89. The van der Waals surface area contributed by atoms with Crippen molar-refractivity contribution >= 4 is 6.09 Å². The number of amides is 1. The van der Waals surface area contributed by atoms with E-state index in [2.05, 4.69) is 12.1 Å². The molecule has 2 saturated heterocycles. The molecule has 1 aromatic carbocycles. The first-order valence-corrected chi connectivity index (χ1v) is 7.12. The largest absolute Gasteiger partial charge is 0.444 e. The van der Waals surface area contributed by atoms with Crippen LogP contribution in [0.25, 0.3) is 0 Å². The number of likely N-dealkylation sites (tertiary alicyclic amines) is 1. The number of fused-ring (bicyclic) bond motifs is 1. The third-order valence-electron chi connectivity index (χ3n) is 3.87. The first kappa shape index (κ1) is 13.4. The van der Waals surface area contributed by atoms with Gasteiger partial charge in [0.15, 0.2) is 0 Å². The number of epoxide rings is 1. The number of ether oxygens (including phenoxy) is 2. The van der Waals surface area contributed by atoms with Crippen LogP contribution in [0, 0.1) is 0 Å². The molecule has 2 unspecified atom stereocenters. The second-order valence-corrected chi connectivity index (χ2v) is 6.54. The molecule has 0 saturated carbocycles. The number of carbonyl (C=O) groups is 1. The summed E-state index contributed by atoms with van der Waals surface area (Å²) < 4.78 is 11.3. The summed E-state index contributed by atoms with van der Waals surface area (Å²) >= 11 is 0. The Bertz CT molecular complexity index is 508. The van der Waals surface area contributed by atoms with Crippen LogP contribution in [0.4, 0.5) is 4.79 Å². The van der Waals surface area contributed by atoms with Crippen LogP contribution in [0.5, 0.6) is 0 Å². The van der Waals surface area contributed by atoms with Crippen LogP contribution in [0.1, 0.15) is 32.8 Å².